The van der Waals surface area contributed by atoms with E-state index in [-0.39, 0.29) is 0 Å². The third-order valence-electron chi connectivity index (χ3n) is 3.27. The molecule has 0 aliphatic rings. The van der Waals surface area contributed by atoms with Gasteiger partial charge >= 0.3 is 0 Å². The van der Waals surface area contributed by atoms with Crippen LogP contribution in [0.15, 0.2) is 43.0 Å². The number of nitrogens with one attached hydrogen (secondary N) is 1. The molecule has 2 rings (SSSR count). The first-order chi connectivity index (χ1) is 10.5. The molecule has 2 nitrogen and oxygen atoms in total. The summed E-state index contributed by atoms with van der Waals surface area (Å²) in [6.45, 7) is 8.79. The van der Waals surface area contributed by atoms with Gasteiger partial charge in [0.05, 0.1) is 10.0 Å². The molecule has 0 atom stereocenters. The van der Waals surface area contributed by atoms with Gasteiger partial charge in [-0.25, -0.2) is 0 Å². The van der Waals surface area contributed by atoms with Crippen molar-refractivity contribution in [3.63, 3.8) is 0 Å². The second kappa shape index (κ2) is 7.57. The van der Waals surface area contributed by atoms with E-state index >= 15 is 0 Å². The van der Waals surface area contributed by atoms with E-state index in [1.165, 1.54) is 11.1 Å². The van der Waals surface area contributed by atoms with Crippen molar-refractivity contribution >= 4 is 28.9 Å². The molecule has 0 saturated carbocycles. The van der Waals surface area contributed by atoms with E-state index in [1.54, 1.807) is 6.08 Å². The summed E-state index contributed by atoms with van der Waals surface area (Å²) in [4.78, 5) is 0. The van der Waals surface area contributed by atoms with E-state index in [4.69, 9.17) is 27.9 Å². The van der Waals surface area contributed by atoms with Gasteiger partial charge in [-0.15, -0.1) is 0 Å². The second-order valence-corrected chi connectivity index (χ2v) is 5.97. The largest absolute Gasteiger partial charge is 0.486 e. The van der Waals surface area contributed by atoms with Crippen molar-refractivity contribution in [2.24, 2.45) is 0 Å². The highest BCUT2D eigenvalue weighted by Gasteiger charge is 2.09. The Morgan fingerprint density at radius 1 is 1.14 bits per heavy atom. The molecular weight excluding hydrogens is 317 g/mol. The number of anilines is 1. The van der Waals surface area contributed by atoms with Crippen molar-refractivity contribution in [1.82, 2.24) is 0 Å². The normalized spacial score (nSPS) is 10.4. The van der Waals surface area contributed by atoms with Crippen LogP contribution >= 0.6 is 23.2 Å². The maximum absolute atomic E-state index is 6.23. The first-order valence-corrected chi connectivity index (χ1v) is 7.79. The van der Waals surface area contributed by atoms with Crippen molar-refractivity contribution < 1.29 is 4.74 Å². The number of benzene rings is 2. The van der Waals surface area contributed by atoms with Crippen LogP contribution in [-0.2, 0) is 6.54 Å². The Balaban J connectivity index is 2.11. The molecule has 0 amide bonds. The lowest BCUT2D eigenvalue weighted by Crippen LogP contribution is -2.02. The van der Waals surface area contributed by atoms with Crippen molar-refractivity contribution in [2.45, 2.75) is 20.4 Å². The Kier molecular flexibility index (Phi) is 5.76. The monoisotopic (exact) mass is 335 g/mol. The van der Waals surface area contributed by atoms with Gasteiger partial charge in [-0.2, -0.15) is 0 Å². The zero-order chi connectivity index (χ0) is 16.1. The highest BCUT2D eigenvalue weighted by Crippen LogP contribution is 2.34. The van der Waals surface area contributed by atoms with Gasteiger partial charge in [0.15, 0.2) is 5.75 Å². The molecule has 0 spiro atoms. The van der Waals surface area contributed by atoms with Crippen molar-refractivity contribution in [2.75, 3.05) is 11.9 Å². The van der Waals surface area contributed by atoms with E-state index < -0.39 is 0 Å². The van der Waals surface area contributed by atoms with Crippen LogP contribution in [0, 0.1) is 13.8 Å². The topological polar surface area (TPSA) is 21.3 Å². The smallest absolute Gasteiger partial charge is 0.156 e. The summed E-state index contributed by atoms with van der Waals surface area (Å²) < 4.78 is 5.46. The molecule has 0 aliphatic heterocycles. The molecule has 0 heterocycles. The lowest BCUT2D eigenvalue weighted by Gasteiger charge is -2.13. The lowest BCUT2D eigenvalue weighted by molar-refractivity contribution is 0.363. The van der Waals surface area contributed by atoms with Gasteiger partial charge in [-0.1, -0.05) is 53.6 Å². The predicted octanol–water partition coefficient (Wildman–Crippen LogP) is 5.79. The highest BCUT2D eigenvalue weighted by molar-refractivity contribution is 6.37. The van der Waals surface area contributed by atoms with Gasteiger partial charge in [0, 0.05) is 12.2 Å². The fourth-order valence-electron chi connectivity index (χ4n) is 2.20. The summed E-state index contributed by atoms with van der Waals surface area (Å²) in [5.74, 6) is 0.499. The van der Waals surface area contributed by atoms with Gasteiger partial charge in [0.2, 0.25) is 0 Å². The van der Waals surface area contributed by atoms with Crippen molar-refractivity contribution in [3.05, 3.63) is 69.7 Å². The Morgan fingerprint density at radius 3 is 2.41 bits per heavy atom. The summed E-state index contributed by atoms with van der Waals surface area (Å²) in [5.41, 5.74) is 4.56. The van der Waals surface area contributed by atoms with Crippen LogP contribution < -0.4 is 10.1 Å². The van der Waals surface area contributed by atoms with Gasteiger partial charge < -0.3 is 10.1 Å². The molecule has 116 valence electrons. The maximum atomic E-state index is 6.23. The summed E-state index contributed by atoms with van der Waals surface area (Å²) in [7, 11) is 0. The molecule has 0 fully saturated rings. The zero-order valence-corrected chi connectivity index (χ0v) is 14.3. The van der Waals surface area contributed by atoms with E-state index in [0.29, 0.717) is 28.9 Å². The molecule has 22 heavy (non-hydrogen) atoms. The number of rotatable bonds is 6. The van der Waals surface area contributed by atoms with Gasteiger partial charge in [-0.3, -0.25) is 0 Å². The van der Waals surface area contributed by atoms with Crippen LogP contribution in [0.5, 0.6) is 5.75 Å². The predicted molar refractivity (Wildman–Crippen MR) is 95.4 cm³/mol. The molecule has 0 radical (unpaired) electrons. The minimum Gasteiger partial charge on any atom is -0.486 e. The molecule has 0 bridgehead atoms. The van der Waals surface area contributed by atoms with Gasteiger partial charge in [0.25, 0.3) is 0 Å². The summed E-state index contributed by atoms with van der Waals surface area (Å²) >= 11 is 12.5. The molecule has 0 aromatic heterocycles. The summed E-state index contributed by atoms with van der Waals surface area (Å²) in [6, 6.07) is 10.0. The standard InChI is InChI=1S/C18H19Cl2NO/c1-4-7-22-18-15(19)9-14(10-16(18)20)11-21-17-6-5-12(2)8-13(17)3/h4-6,8-10,21H,1,7,11H2,2-3H3. The lowest BCUT2D eigenvalue weighted by atomic mass is 10.1. The first-order valence-electron chi connectivity index (χ1n) is 7.04. The maximum Gasteiger partial charge on any atom is 0.156 e. The third kappa shape index (κ3) is 4.19. The Hall–Kier alpha value is -1.64. The van der Waals surface area contributed by atoms with Gasteiger partial charge in [0.1, 0.15) is 6.61 Å². The average Bonchev–Trinajstić information content (AvgIpc) is 2.45. The molecule has 0 aliphatic carbocycles. The Labute approximate surface area is 141 Å². The molecule has 2 aromatic carbocycles. The van der Waals surface area contributed by atoms with Crippen LogP contribution in [0.2, 0.25) is 10.0 Å². The summed E-state index contributed by atoms with van der Waals surface area (Å²) in [5, 5.41) is 4.41. The number of aryl methyl sites for hydroxylation is 2. The van der Waals surface area contributed by atoms with E-state index in [9.17, 15) is 0 Å². The number of halogens is 2. The number of ether oxygens (including phenoxy) is 1. The van der Waals surface area contributed by atoms with Crippen molar-refractivity contribution in [1.29, 1.82) is 0 Å². The van der Waals surface area contributed by atoms with Crippen LogP contribution in [0.4, 0.5) is 5.69 Å². The fraction of sp³-hybridized carbons (Fsp3) is 0.222. The third-order valence-corrected chi connectivity index (χ3v) is 3.83. The van der Waals surface area contributed by atoms with Crippen LogP contribution in [0.25, 0.3) is 0 Å². The molecule has 2 aromatic rings. The average molecular weight is 336 g/mol. The second-order valence-electron chi connectivity index (χ2n) is 5.16. The molecule has 4 heteroatoms. The van der Waals surface area contributed by atoms with Crippen molar-refractivity contribution in [3.8, 4) is 5.75 Å². The Bertz CT molecular complexity index is 660. The minimum atomic E-state index is 0.375. The molecular formula is C18H19Cl2NO. The Morgan fingerprint density at radius 2 is 1.82 bits per heavy atom. The SMILES string of the molecule is C=CCOc1c(Cl)cc(CNc2ccc(C)cc2C)cc1Cl. The van der Waals surface area contributed by atoms with Gasteiger partial charge in [-0.05, 0) is 43.2 Å². The first kappa shape index (κ1) is 16.7. The van der Waals surface area contributed by atoms with Crippen LogP contribution in [0.3, 0.4) is 0 Å². The molecule has 1 N–H and O–H groups in total. The number of hydrogen-bond donors (Lipinski definition) is 1. The molecule has 0 saturated heterocycles. The van der Waals surface area contributed by atoms with Crippen LogP contribution in [-0.4, -0.2) is 6.61 Å². The fourth-order valence-corrected chi connectivity index (χ4v) is 2.85. The van der Waals surface area contributed by atoms with E-state index in [2.05, 4.69) is 43.9 Å². The molecule has 0 unspecified atom stereocenters. The highest BCUT2D eigenvalue weighted by atomic mass is 35.5. The van der Waals surface area contributed by atoms with E-state index in [0.717, 1.165) is 11.3 Å². The van der Waals surface area contributed by atoms with Crippen LogP contribution in [0.1, 0.15) is 16.7 Å². The summed E-state index contributed by atoms with van der Waals surface area (Å²) in [6.07, 6.45) is 1.66. The zero-order valence-electron chi connectivity index (χ0n) is 12.7. The quantitative estimate of drug-likeness (QED) is 0.675. The van der Waals surface area contributed by atoms with E-state index in [1.807, 2.05) is 12.1 Å². The minimum absolute atomic E-state index is 0.375. The number of hydrogen-bond acceptors (Lipinski definition) is 2.